The lowest BCUT2D eigenvalue weighted by Crippen LogP contribution is -2.23. The minimum absolute atomic E-state index is 0.0553. The molecule has 1 N–H and O–H groups in total. The van der Waals surface area contributed by atoms with E-state index in [4.69, 9.17) is 16.3 Å². The van der Waals surface area contributed by atoms with Crippen LogP contribution in [0.15, 0.2) is 71.6 Å². The fourth-order valence-corrected chi connectivity index (χ4v) is 3.82. The summed E-state index contributed by atoms with van der Waals surface area (Å²) < 4.78 is 69.8. The summed E-state index contributed by atoms with van der Waals surface area (Å²) in [4.78, 5) is 0.0553. The normalized spacial score (nSPS) is 12.0. The van der Waals surface area contributed by atoms with Gasteiger partial charge in [0.25, 0.3) is 0 Å². The monoisotopic (exact) mass is 454 g/mol. The van der Waals surface area contributed by atoms with Crippen molar-refractivity contribution in [3.63, 3.8) is 0 Å². The van der Waals surface area contributed by atoms with E-state index in [-0.39, 0.29) is 22.8 Å². The molecule has 3 aromatic carbocycles. The van der Waals surface area contributed by atoms with Gasteiger partial charge in [-0.3, -0.25) is 5.32 Å². The Morgan fingerprint density at radius 2 is 1.80 bits per heavy atom. The zero-order valence-corrected chi connectivity index (χ0v) is 17.0. The number of rotatable bonds is 7. The van der Waals surface area contributed by atoms with E-state index in [2.05, 4.69) is 11.4 Å². The molecule has 9 heteroatoms. The Morgan fingerprint density at radius 1 is 1.07 bits per heavy atom. The molecule has 0 spiro atoms. The third-order valence-electron chi connectivity index (χ3n) is 4.07. The topological polar surface area (TPSA) is 55.4 Å². The van der Waals surface area contributed by atoms with Crippen LogP contribution < -0.4 is 10.1 Å². The van der Waals surface area contributed by atoms with Crippen molar-refractivity contribution in [1.82, 2.24) is 5.32 Å². The van der Waals surface area contributed by atoms with E-state index in [1.54, 1.807) is 24.3 Å². The number of sulfone groups is 1. The van der Waals surface area contributed by atoms with Gasteiger partial charge in [0.2, 0.25) is 0 Å². The molecule has 0 aromatic heterocycles. The first-order valence-corrected chi connectivity index (χ1v) is 10.7. The molecule has 1 radical (unpaired) electrons. The van der Waals surface area contributed by atoms with Gasteiger partial charge in [-0.15, -0.1) is 0 Å². The molecule has 0 unspecified atom stereocenters. The third-order valence-corrected chi connectivity index (χ3v) is 5.90. The second kappa shape index (κ2) is 9.07. The summed E-state index contributed by atoms with van der Waals surface area (Å²) in [6, 6.07) is 18.0. The fourth-order valence-electron chi connectivity index (χ4n) is 2.61. The Labute approximate surface area is 177 Å². The molecule has 3 rings (SSSR count). The van der Waals surface area contributed by atoms with Crippen LogP contribution in [0.1, 0.15) is 11.1 Å². The van der Waals surface area contributed by atoms with Gasteiger partial charge in [-0.2, -0.15) is 13.2 Å². The summed E-state index contributed by atoms with van der Waals surface area (Å²) in [5, 5.41) is 3.08. The molecule has 0 saturated heterocycles. The van der Waals surface area contributed by atoms with Gasteiger partial charge in [0.05, 0.1) is 10.5 Å². The van der Waals surface area contributed by atoms with E-state index in [0.29, 0.717) is 10.8 Å². The predicted octanol–water partition coefficient (Wildman–Crippen LogP) is 5.47. The first kappa shape index (κ1) is 22.1. The lowest BCUT2D eigenvalue weighted by Gasteiger charge is -2.15. The van der Waals surface area contributed by atoms with E-state index in [9.17, 15) is 21.6 Å². The summed E-state index contributed by atoms with van der Waals surface area (Å²) in [7, 11) is -3.70. The van der Waals surface area contributed by atoms with Gasteiger partial charge in [0.15, 0.2) is 9.84 Å². The van der Waals surface area contributed by atoms with Crippen molar-refractivity contribution in [2.45, 2.75) is 17.6 Å². The van der Waals surface area contributed by atoms with Crippen LogP contribution in [0, 0.1) is 6.07 Å². The number of hydrogen-bond donors (Lipinski definition) is 1. The molecule has 4 nitrogen and oxygen atoms in total. The lowest BCUT2D eigenvalue weighted by atomic mass is 10.1. The van der Waals surface area contributed by atoms with E-state index < -0.39 is 27.5 Å². The zero-order valence-electron chi connectivity index (χ0n) is 15.4. The van der Waals surface area contributed by atoms with Crippen molar-refractivity contribution in [2.24, 2.45) is 0 Å². The highest BCUT2D eigenvalue weighted by molar-refractivity contribution is 7.91. The van der Waals surface area contributed by atoms with Crippen LogP contribution in [-0.4, -0.2) is 14.3 Å². The lowest BCUT2D eigenvalue weighted by molar-refractivity contribution is -0.137. The van der Waals surface area contributed by atoms with Crippen molar-refractivity contribution < 1.29 is 26.3 Å². The maximum Gasteiger partial charge on any atom is 0.416 e. The highest BCUT2D eigenvalue weighted by Gasteiger charge is 2.31. The zero-order chi connectivity index (χ0) is 21.8. The molecule has 0 amide bonds. The number of halogens is 4. The van der Waals surface area contributed by atoms with Gasteiger partial charge in [0, 0.05) is 17.1 Å². The smallest absolute Gasteiger partial charge is 0.416 e. The maximum absolute atomic E-state index is 13.1. The molecular weight excluding hydrogens is 439 g/mol. The molecule has 0 aliphatic carbocycles. The minimum Gasteiger partial charge on any atom is -0.457 e. The Kier molecular flexibility index (Phi) is 6.70. The molecule has 3 aromatic rings. The molecule has 30 heavy (non-hydrogen) atoms. The Morgan fingerprint density at radius 3 is 2.43 bits per heavy atom. The Balaban J connectivity index is 1.79. The van der Waals surface area contributed by atoms with Crippen molar-refractivity contribution in [3.05, 3.63) is 88.9 Å². The average molecular weight is 455 g/mol. The van der Waals surface area contributed by atoms with Crippen LogP contribution in [0.4, 0.5) is 13.2 Å². The van der Waals surface area contributed by atoms with Gasteiger partial charge in [-0.1, -0.05) is 23.7 Å². The van der Waals surface area contributed by atoms with Crippen molar-refractivity contribution in [1.29, 1.82) is 0 Å². The van der Waals surface area contributed by atoms with Gasteiger partial charge < -0.3 is 4.74 Å². The maximum atomic E-state index is 13.1. The van der Waals surface area contributed by atoms with E-state index in [1.165, 1.54) is 30.3 Å². The quantitative estimate of drug-likeness (QED) is 0.514. The summed E-state index contributed by atoms with van der Waals surface area (Å²) in [6.45, 7) is -0.150. The van der Waals surface area contributed by atoms with Crippen LogP contribution in [0.3, 0.4) is 0 Å². The second-order valence-electron chi connectivity index (χ2n) is 6.30. The predicted molar refractivity (Wildman–Crippen MR) is 107 cm³/mol. The van der Waals surface area contributed by atoms with E-state index >= 15 is 0 Å². The molecule has 0 bridgehead atoms. The van der Waals surface area contributed by atoms with E-state index in [1.807, 2.05) is 0 Å². The second-order valence-corrected chi connectivity index (χ2v) is 8.73. The SMILES string of the molecule is O=S(=O)(CNCc1cc(C(F)(F)F)ccc1Oc1c[c]ccc1)c1ccc(Cl)cc1. The van der Waals surface area contributed by atoms with Crippen LogP contribution in [0.5, 0.6) is 11.5 Å². The molecule has 0 saturated carbocycles. The molecule has 0 aliphatic heterocycles. The third kappa shape index (κ3) is 5.75. The first-order chi connectivity index (χ1) is 14.1. The van der Waals surface area contributed by atoms with E-state index in [0.717, 1.165) is 12.1 Å². The number of ether oxygens (including phenoxy) is 1. The average Bonchev–Trinajstić information content (AvgIpc) is 2.69. The number of alkyl halides is 3. The van der Waals surface area contributed by atoms with Gasteiger partial charge in [-0.25, -0.2) is 8.42 Å². The fraction of sp³-hybridized carbons (Fsp3) is 0.143. The Bertz CT molecular complexity index is 1100. The van der Waals surface area contributed by atoms with Crippen LogP contribution in [0.2, 0.25) is 5.02 Å². The largest absolute Gasteiger partial charge is 0.457 e. The highest BCUT2D eigenvalue weighted by Crippen LogP contribution is 2.34. The standard InChI is InChI=1S/C21H16ClF3NO3S/c22-17-7-9-19(10-8-17)30(27,28)14-26-13-15-12-16(21(23,24)25)6-11-20(15)29-18-4-2-1-3-5-18/h1-2,4-12,26H,13-14H2. The van der Waals surface area contributed by atoms with Crippen LogP contribution >= 0.6 is 11.6 Å². The summed E-state index contributed by atoms with van der Waals surface area (Å²) >= 11 is 5.76. The molecule has 0 heterocycles. The van der Waals surface area contributed by atoms with Crippen molar-refractivity contribution >= 4 is 21.4 Å². The minimum atomic E-state index is -4.54. The van der Waals surface area contributed by atoms with Gasteiger partial charge >= 0.3 is 6.18 Å². The van der Waals surface area contributed by atoms with Crippen molar-refractivity contribution in [2.75, 3.05) is 5.88 Å². The summed E-state index contributed by atoms with van der Waals surface area (Å²) in [6.07, 6.45) is -4.54. The Hall–Kier alpha value is -2.55. The molecule has 0 atom stereocenters. The van der Waals surface area contributed by atoms with Crippen molar-refractivity contribution in [3.8, 4) is 11.5 Å². The molecule has 0 fully saturated rings. The van der Waals surface area contributed by atoms with Gasteiger partial charge in [0.1, 0.15) is 17.4 Å². The van der Waals surface area contributed by atoms with Crippen LogP contribution in [-0.2, 0) is 22.6 Å². The highest BCUT2D eigenvalue weighted by atomic mass is 35.5. The van der Waals surface area contributed by atoms with Crippen LogP contribution in [0.25, 0.3) is 0 Å². The number of nitrogens with one attached hydrogen (secondary N) is 1. The molecule has 0 aliphatic rings. The first-order valence-electron chi connectivity index (χ1n) is 8.68. The summed E-state index contributed by atoms with van der Waals surface area (Å²) in [5.41, 5.74) is -0.688. The summed E-state index contributed by atoms with van der Waals surface area (Å²) in [5.74, 6) is 0.106. The number of hydrogen-bond acceptors (Lipinski definition) is 4. The molecule has 157 valence electrons. The molecular formula is C21H16ClF3NO3S. The number of benzene rings is 3. The van der Waals surface area contributed by atoms with Gasteiger partial charge in [-0.05, 0) is 60.7 Å².